The second kappa shape index (κ2) is 6.66. The van der Waals surface area contributed by atoms with Crippen molar-refractivity contribution in [2.75, 3.05) is 26.2 Å². The van der Waals surface area contributed by atoms with Gasteiger partial charge in [0.25, 0.3) is 0 Å². The van der Waals surface area contributed by atoms with E-state index in [0.717, 1.165) is 32.5 Å². The van der Waals surface area contributed by atoms with Crippen molar-refractivity contribution in [3.63, 3.8) is 0 Å². The number of piperidine rings is 1. The van der Waals surface area contributed by atoms with E-state index in [1.807, 2.05) is 11.3 Å². The summed E-state index contributed by atoms with van der Waals surface area (Å²) in [6, 6.07) is 4.81. The average molecular weight is 268 g/mol. The number of rotatable bonds is 5. The zero-order valence-electron chi connectivity index (χ0n) is 11.4. The molecule has 0 aliphatic carbocycles. The molecule has 1 aliphatic heterocycles. The molecule has 18 heavy (non-hydrogen) atoms. The van der Waals surface area contributed by atoms with Crippen LogP contribution >= 0.6 is 11.3 Å². The summed E-state index contributed by atoms with van der Waals surface area (Å²) in [5, 5.41) is 0. The lowest BCUT2D eigenvalue weighted by molar-refractivity contribution is 0.00488. The number of hydrogen-bond donors (Lipinski definition) is 1. The summed E-state index contributed by atoms with van der Waals surface area (Å²) in [5.74, 6) is 0. The largest absolute Gasteiger partial charge is 0.378 e. The van der Waals surface area contributed by atoms with Gasteiger partial charge in [0.05, 0.1) is 12.1 Å². The lowest BCUT2D eigenvalue weighted by atomic mass is 10.0. The number of likely N-dealkylation sites (tertiary alicyclic amines) is 1. The number of nitrogens with two attached hydrogens (primary N) is 1. The van der Waals surface area contributed by atoms with Crippen molar-refractivity contribution in [3.05, 3.63) is 21.9 Å². The highest BCUT2D eigenvalue weighted by atomic mass is 32.1. The van der Waals surface area contributed by atoms with Gasteiger partial charge in [0, 0.05) is 36.0 Å². The van der Waals surface area contributed by atoms with Crippen LogP contribution in [0.15, 0.2) is 12.1 Å². The van der Waals surface area contributed by atoms with Crippen LogP contribution in [0.4, 0.5) is 0 Å². The van der Waals surface area contributed by atoms with E-state index in [-0.39, 0.29) is 0 Å². The molecule has 2 rings (SSSR count). The van der Waals surface area contributed by atoms with Gasteiger partial charge in [-0.1, -0.05) is 0 Å². The first kappa shape index (κ1) is 14.0. The Morgan fingerprint density at radius 3 is 2.67 bits per heavy atom. The molecule has 1 atom stereocenters. The smallest absolute Gasteiger partial charge is 0.0599 e. The first-order chi connectivity index (χ1) is 8.74. The quantitative estimate of drug-likeness (QED) is 0.892. The molecular weight excluding hydrogens is 244 g/mol. The van der Waals surface area contributed by atoms with Crippen LogP contribution in [0.3, 0.4) is 0 Å². The van der Waals surface area contributed by atoms with Gasteiger partial charge in [0.15, 0.2) is 0 Å². The van der Waals surface area contributed by atoms with E-state index in [2.05, 4.69) is 30.9 Å². The van der Waals surface area contributed by atoms with Gasteiger partial charge in [-0.15, -0.1) is 11.3 Å². The van der Waals surface area contributed by atoms with E-state index in [1.54, 1.807) is 0 Å². The van der Waals surface area contributed by atoms with Crippen molar-refractivity contribution < 1.29 is 4.74 Å². The van der Waals surface area contributed by atoms with Crippen LogP contribution < -0.4 is 5.73 Å². The van der Waals surface area contributed by atoms with E-state index in [0.29, 0.717) is 18.7 Å². The predicted molar refractivity (Wildman–Crippen MR) is 77.1 cm³/mol. The first-order valence-corrected chi connectivity index (χ1v) is 7.68. The van der Waals surface area contributed by atoms with Crippen molar-refractivity contribution in [3.8, 4) is 0 Å². The fourth-order valence-corrected chi connectivity index (χ4v) is 3.69. The van der Waals surface area contributed by atoms with Crippen molar-refractivity contribution >= 4 is 11.3 Å². The van der Waals surface area contributed by atoms with E-state index in [9.17, 15) is 0 Å². The van der Waals surface area contributed by atoms with E-state index >= 15 is 0 Å². The van der Waals surface area contributed by atoms with Crippen LogP contribution in [0.1, 0.15) is 35.6 Å². The molecule has 4 heteroatoms. The third-order valence-corrected chi connectivity index (χ3v) is 4.73. The molecule has 1 fully saturated rings. The summed E-state index contributed by atoms with van der Waals surface area (Å²) in [5.41, 5.74) is 5.97. The summed E-state index contributed by atoms with van der Waals surface area (Å²) in [6.45, 7) is 7.97. The summed E-state index contributed by atoms with van der Waals surface area (Å²) in [7, 11) is 0. The Morgan fingerprint density at radius 2 is 2.17 bits per heavy atom. The third kappa shape index (κ3) is 3.32. The summed E-state index contributed by atoms with van der Waals surface area (Å²) in [4.78, 5) is 5.29. The number of ether oxygens (including phenoxy) is 1. The lowest BCUT2D eigenvalue weighted by Crippen LogP contribution is -2.41. The van der Waals surface area contributed by atoms with Crippen LogP contribution in [-0.2, 0) is 4.74 Å². The minimum atomic E-state index is 0.395. The molecule has 1 aromatic rings. The minimum Gasteiger partial charge on any atom is -0.378 e. The Morgan fingerprint density at radius 1 is 1.44 bits per heavy atom. The van der Waals surface area contributed by atoms with Crippen LogP contribution in [0.2, 0.25) is 0 Å². The minimum absolute atomic E-state index is 0.395. The van der Waals surface area contributed by atoms with Gasteiger partial charge in [-0.2, -0.15) is 0 Å². The predicted octanol–water partition coefficient (Wildman–Crippen LogP) is 2.56. The number of nitrogens with zero attached hydrogens (tertiary/aromatic N) is 1. The molecule has 1 saturated heterocycles. The molecule has 0 aromatic carbocycles. The number of thiophene rings is 1. The van der Waals surface area contributed by atoms with E-state index in [4.69, 9.17) is 10.5 Å². The fraction of sp³-hybridized carbons (Fsp3) is 0.714. The van der Waals surface area contributed by atoms with Crippen molar-refractivity contribution in [2.24, 2.45) is 5.73 Å². The first-order valence-electron chi connectivity index (χ1n) is 6.86. The SMILES string of the molecule is CCOC1CCN(C(CN)c2ccc(C)s2)CC1. The highest BCUT2D eigenvalue weighted by Gasteiger charge is 2.26. The molecule has 2 heterocycles. The molecule has 3 nitrogen and oxygen atoms in total. The molecule has 1 aromatic heterocycles. The van der Waals surface area contributed by atoms with E-state index in [1.165, 1.54) is 9.75 Å². The zero-order chi connectivity index (χ0) is 13.0. The van der Waals surface area contributed by atoms with Gasteiger partial charge in [-0.25, -0.2) is 0 Å². The molecule has 0 saturated carbocycles. The Balaban J connectivity index is 1.94. The molecule has 102 valence electrons. The van der Waals surface area contributed by atoms with Crippen LogP contribution in [-0.4, -0.2) is 37.2 Å². The van der Waals surface area contributed by atoms with Gasteiger partial charge >= 0.3 is 0 Å². The van der Waals surface area contributed by atoms with Gasteiger partial charge in [0.2, 0.25) is 0 Å². The standard InChI is InChI=1S/C14H24N2OS/c1-3-17-12-6-8-16(9-7-12)13(10-15)14-5-4-11(2)18-14/h4-5,12-13H,3,6-10,15H2,1-2H3. The molecule has 1 unspecified atom stereocenters. The Kier molecular flexibility index (Phi) is 5.18. The van der Waals surface area contributed by atoms with Crippen molar-refractivity contribution in [1.82, 2.24) is 4.90 Å². The van der Waals surface area contributed by atoms with E-state index < -0.39 is 0 Å². The molecular formula is C14H24N2OS. The molecule has 0 spiro atoms. The maximum Gasteiger partial charge on any atom is 0.0599 e. The Bertz CT molecular complexity index is 358. The van der Waals surface area contributed by atoms with Gasteiger partial charge in [-0.05, 0) is 38.8 Å². The lowest BCUT2D eigenvalue weighted by Gasteiger charge is -2.36. The molecule has 0 bridgehead atoms. The number of hydrogen-bond acceptors (Lipinski definition) is 4. The Labute approximate surface area is 114 Å². The van der Waals surface area contributed by atoms with Gasteiger partial charge in [-0.3, -0.25) is 4.90 Å². The van der Waals surface area contributed by atoms with Gasteiger partial charge in [0.1, 0.15) is 0 Å². The summed E-state index contributed by atoms with van der Waals surface area (Å²) < 4.78 is 5.70. The Hall–Kier alpha value is -0.420. The van der Waals surface area contributed by atoms with Crippen LogP contribution in [0, 0.1) is 6.92 Å². The average Bonchev–Trinajstić information content (AvgIpc) is 2.79. The number of aryl methyl sites for hydroxylation is 1. The van der Waals surface area contributed by atoms with Crippen LogP contribution in [0.5, 0.6) is 0 Å². The third-order valence-electron chi connectivity index (χ3n) is 3.63. The summed E-state index contributed by atoms with van der Waals surface area (Å²) >= 11 is 1.87. The van der Waals surface area contributed by atoms with Crippen molar-refractivity contribution in [2.45, 2.75) is 38.8 Å². The highest BCUT2D eigenvalue weighted by molar-refractivity contribution is 7.12. The zero-order valence-corrected chi connectivity index (χ0v) is 12.2. The summed E-state index contributed by atoms with van der Waals surface area (Å²) in [6.07, 6.45) is 2.72. The fourth-order valence-electron chi connectivity index (χ4n) is 2.67. The topological polar surface area (TPSA) is 38.5 Å². The molecule has 0 amide bonds. The molecule has 2 N–H and O–H groups in total. The normalized spacial score (nSPS) is 20.2. The van der Waals surface area contributed by atoms with Crippen molar-refractivity contribution in [1.29, 1.82) is 0 Å². The molecule has 0 radical (unpaired) electrons. The maximum atomic E-state index is 5.97. The highest BCUT2D eigenvalue weighted by Crippen LogP contribution is 2.29. The second-order valence-electron chi connectivity index (χ2n) is 4.89. The maximum absolute atomic E-state index is 5.97. The molecule has 1 aliphatic rings. The van der Waals surface area contributed by atoms with Crippen LogP contribution in [0.25, 0.3) is 0 Å². The van der Waals surface area contributed by atoms with Gasteiger partial charge < -0.3 is 10.5 Å². The monoisotopic (exact) mass is 268 g/mol. The second-order valence-corrected chi connectivity index (χ2v) is 6.21.